The lowest BCUT2D eigenvalue weighted by Gasteiger charge is -2.28. The number of nitro groups is 1. The van der Waals surface area contributed by atoms with Gasteiger partial charge in [0, 0.05) is 12.6 Å². The SMILES string of the molecule is COc1ccc(CNCC2CCCCC2C)cc1[N+](=O)[O-]. The predicted molar refractivity (Wildman–Crippen MR) is 82.5 cm³/mol. The van der Waals surface area contributed by atoms with Crippen molar-refractivity contribution in [3.8, 4) is 5.75 Å². The molecule has 2 unspecified atom stereocenters. The van der Waals surface area contributed by atoms with Gasteiger partial charge in [0.1, 0.15) is 0 Å². The zero-order chi connectivity index (χ0) is 15.2. The van der Waals surface area contributed by atoms with E-state index in [1.54, 1.807) is 12.1 Å². The Bertz CT molecular complexity index is 490. The quantitative estimate of drug-likeness (QED) is 0.643. The molecule has 1 saturated carbocycles. The van der Waals surface area contributed by atoms with Crippen LogP contribution in [0.15, 0.2) is 18.2 Å². The topological polar surface area (TPSA) is 64.4 Å². The van der Waals surface area contributed by atoms with Gasteiger partial charge in [-0.15, -0.1) is 0 Å². The summed E-state index contributed by atoms with van der Waals surface area (Å²) in [4.78, 5) is 10.6. The van der Waals surface area contributed by atoms with Gasteiger partial charge in [0.25, 0.3) is 0 Å². The van der Waals surface area contributed by atoms with Crippen molar-refractivity contribution >= 4 is 5.69 Å². The third-order valence-corrected chi connectivity index (χ3v) is 4.46. The number of rotatable bonds is 6. The lowest BCUT2D eigenvalue weighted by Crippen LogP contribution is -2.29. The summed E-state index contributed by atoms with van der Waals surface area (Å²) in [6.07, 6.45) is 5.28. The molecule has 1 aliphatic rings. The average molecular weight is 292 g/mol. The molecule has 116 valence electrons. The molecule has 0 bridgehead atoms. The highest BCUT2D eigenvalue weighted by Crippen LogP contribution is 2.29. The molecule has 5 nitrogen and oxygen atoms in total. The Kier molecular flexibility index (Phi) is 5.56. The Morgan fingerprint density at radius 1 is 1.38 bits per heavy atom. The first-order valence-corrected chi connectivity index (χ1v) is 7.64. The predicted octanol–water partition coefficient (Wildman–Crippen LogP) is 3.52. The Balaban J connectivity index is 1.91. The van der Waals surface area contributed by atoms with E-state index in [9.17, 15) is 10.1 Å². The monoisotopic (exact) mass is 292 g/mol. The summed E-state index contributed by atoms with van der Waals surface area (Å²) in [5.41, 5.74) is 0.953. The van der Waals surface area contributed by atoms with Gasteiger partial charge in [0.05, 0.1) is 12.0 Å². The van der Waals surface area contributed by atoms with Gasteiger partial charge < -0.3 is 10.1 Å². The van der Waals surface area contributed by atoms with Crippen LogP contribution in [0.5, 0.6) is 5.75 Å². The van der Waals surface area contributed by atoms with Crippen molar-refractivity contribution < 1.29 is 9.66 Å². The molecule has 1 aromatic rings. The van der Waals surface area contributed by atoms with E-state index >= 15 is 0 Å². The minimum atomic E-state index is -0.397. The molecular formula is C16H24N2O3. The van der Waals surface area contributed by atoms with E-state index in [-0.39, 0.29) is 5.69 Å². The van der Waals surface area contributed by atoms with Crippen LogP contribution in [0.2, 0.25) is 0 Å². The van der Waals surface area contributed by atoms with Gasteiger partial charge in [-0.1, -0.05) is 32.3 Å². The lowest BCUT2D eigenvalue weighted by atomic mass is 9.80. The van der Waals surface area contributed by atoms with Crippen LogP contribution in [-0.2, 0) is 6.54 Å². The van der Waals surface area contributed by atoms with Gasteiger partial charge in [0.2, 0.25) is 0 Å². The van der Waals surface area contributed by atoms with Crippen LogP contribution in [0, 0.1) is 22.0 Å². The van der Waals surface area contributed by atoms with Crippen molar-refractivity contribution in [2.24, 2.45) is 11.8 Å². The number of nitrogens with zero attached hydrogens (tertiary/aromatic N) is 1. The van der Waals surface area contributed by atoms with Crippen LogP contribution in [0.4, 0.5) is 5.69 Å². The first-order valence-electron chi connectivity index (χ1n) is 7.64. The van der Waals surface area contributed by atoms with Crippen molar-refractivity contribution in [1.82, 2.24) is 5.32 Å². The molecule has 2 atom stereocenters. The number of nitro benzene ring substituents is 1. The number of methoxy groups -OCH3 is 1. The Morgan fingerprint density at radius 3 is 2.81 bits per heavy atom. The highest BCUT2D eigenvalue weighted by atomic mass is 16.6. The third kappa shape index (κ3) is 4.17. The second-order valence-electron chi connectivity index (χ2n) is 5.92. The Morgan fingerprint density at radius 2 is 2.14 bits per heavy atom. The summed E-state index contributed by atoms with van der Waals surface area (Å²) in [6.45, 7) is 3.97. The van der Waals surface area contributed by atoms with E-state index in [2.05, 4.69) is 12.2 Å². The van der Waals surface area contributed by atoms with E-state index in [1.807, 2.05) is 6.07 Å². The second kappa shape index (κ2) is 7.41. The standard InChI is InChI=1S/C16H24N2O3/c1-12-5-3-4-6-14(12)11-17-10-13-7-8-16(21-2)15(9-13)18(19)20/h7-9,12,14,17H,3-6,10-11H2,1-2H3. The van der Waals surface area contributed by atoms with Crippen molar-refractivity contribution in [2.45, 2.75) is 39.2 Å². The fraction of sp³-hybridized carbons (Fsp3) is 0.625. The zero-order valence-electron chi connectivity index (χ0n) is 12.8. The van der Waals surface area contributed by atoms with E-state index in [0.717, 1.165) is 23.9 Å². The van der Waals surface area contributed by atoms with Gasteiger partial charge in [0.15, 0.2) is 5.75 Å². The maximum Gasteiger partial charge on any atom is 0.311 e. The van der Waals surface area contributed by atoms with Crippen LogP contribution in [0.3, 0.4) is 0 Å². The van der Waals surface area contributed by atoms with Crippen LogP contribution >= 0.6 is 0 Å². The van der Waals surface area contributed by atoms with Crippen molar-refractivity contribution in [3.05, 3.63) is 33.9 Å². The summed E-state index contributed by atoms with van der Waals surface area (Å²) >= 11 is 0. The summed E-state index contributed by atoms with van der Waals surface area (Å²) in [5, 5.41) is 14.4. The van der Waals surface area contributed by atoms with Crippen molar-refractivity contribution in [3.63, 3.8) is 0 Å². The maximum absolute atomic E-state index is 11.0. The largest absolute Gasteiger partial charge is 0.490 e. The van der Waals surface area contributed by atoms with Gasteiger partial charge >= 0.3 is 5.69 Å². The van der Waals surface area contributed by atoms with Crippen molar-refractivity contribution in [1.29, 1.82) is 0 Å². The number of hydrogen-bond acceptors (Lipinski definition) is 4. The average Bonchev–Trinajstić information content (AvgIpc) is 2.49. The van der Waals surface area contributed by atoms with Crippen molar-refractivity contribution in [2.75, 3.05) is 13.7 Å². The molecule has 5 heteroatoms. The number of ether oxygens (including phenoxy) is 1. The first kappa shape index (κ1) is 15.8. The maximum atomic E-state index is 11.0. The van der Waals surface area contributed by atoms with Gasteiger partial charge in [-0.3, -0.25) is 10.1 Å². The summed E-state index contributed by atoms with van der Waals surface area (Å²) in [6, 6.07) is 5.14. The molecule has 1 N–H and O–H groups in total. The fourth-order valence-corrected chi connectivity index (χ4v) is 3.09. The molecule has 0 aliphatic heterocycles. The summed E-state index contributed by atoms with van der Waals surface area (Å²) in [7, 11) is 1.45. The molecule has 0 heterocycles. The van der Waals surface area contributed by atoms with Crippen LogP contribution in [0.25, 0.3) is 0 Å². The Hall–Kier alpha value is -1.62. The third-order valence-electron chi connectivity index (χ3n) is 4.46. The number of nitrogens with one attached hydrogen (secondary N) is 1. The number of benzene rings is 1. The molecule has 0 amide bonds. The molecule has 1 aliphatic carbocycles. The van der Waals surface area contributed by atoms with Gasteiger partial charge in [-0.2, -0.15) is 0 Å². The molecule has 0 saturated heterocycles. The van der Waals surface area contributed by atoms with Crippen LogP contribution in [-0.4, -0.2) is 18.6 Å². The molecule has 0 aromatic heterocycles. The molecule has 1 fully saturated rings. The highest BCUT2D eigenvalue weighted by Gasteiger charge is 2.21. The van der Waals surface area contributed by atoms with Crippen LogP contribution in [0.1, 0.15) is 38.2 Å². The molecule has 1 aromatic carbocycles. The molecule has 21 heavy (non-hydrogen) atoms. The summed E-state index contributed by atoms with van der Waals surface area (Å²) < 4.78 is 5.01. The minimum Gasteiger partial charge on any atom is -0.490 e. The van der Waals surface area contributed by atoms with E-state index in [4.69, 9.17) is 4.74 Å². The van der Waals surface area contributed by atoms with Crippen LogP contribution < -0.4 is 10.1 Å². The van der Waals surface area contributed by atoms with E-state index < -0.39 is 4.92 Å². The molecule has 2 rings (SSSR count). The van der Waals surface area contributed by atoms with Gasteiger partial charge in [-0.25, -0.2) is 0 Å². The minimum absolute atomic E-state index is 0.0304. The second-order valence-corrected chi connectivity index (χ2v) is 5.92. The van der Waals surface area contributed by atoms with Gasteiger partial charge in [-0.05, 0) is 36.4 Å². The van der Waals surface area contributed by atoms with E-state index in [0.29, 0.717) is 12.3 Å². The zero-order valence-corrected chi connectivity index (χ0v) is 12.8. The first-order chi connectivity index (χ1) is 10.1. The van der Waals surface area contributed by atoms with E-state index in [1.165, 1.54) is 32.8 Å². The smallest absolute Gasteiger partial charge is 0.311 e. The molecular weight excluding hydrogens is 268 g/mol. The Labute approximate surface area is 125 Å². The number of hydrogen-bond donors (Lipinski definition) is 1. The lowest BCUT2D eigenvalue weighted by molar-refractivity contribution is -0.385. The fourth-order valence-electron chi connectivity index (χ4n) is 3.09. The summed E-state index contributed by atoms with van der Waals surface area (Å²) in [5.74, 6) is 1.81. The highest BCUT2D eigenvalue weighted by molar-refractivity contribution is 5.48. The molecule has 0 radical (unpaired) electrons. The molecule has 0 spiro atoms. The normalized spacial score (nSPS) is 22.0.